The number of hydrogen-bond acceptors (Lipinski definition) is 6. The molecule has 1 aliphatic heterocycles. The molecule has 1 saturated heterocycles. The third-order valence-electron chi connectivity index (χ3n) is 3.63. The summed E-state index contributed by atoms with van der Waals surface area (Å²) < 4.78 is 4.87. The maximum Gasteiger partial charge on any atom is 0.349 e. The summed E-state index contributed by atoms with van der Waals surface area (Å²) in [6.07, 6.45) is 1.81. The molecule has 0 aliphatic carbocycles. The normalized spacial score (nSPS) is 17.9. The third-order valence-corrected chi connectivity index (χ3v) is 4.88. The number of esters is 1. The smallest absolute Gasteiger partial charge is 0.349 e. The van der Waals surface area contributed by atoms with Gasteiger partial charge in [0.2, 0.25) is 0 Å². The van der Waals surface area contributed by atoms with E-state index in [4.69, 9.17) is 9.72 Å². The third kappa shape index (κ3) is 3.37. The summed E-state index contributed by atoms with van der Waals surface area (Å²) in [4.78, 5) is 19.6. The van der Waals surface area contributed by atoms with Gasteiger partial charge in [-0.05, 0) is 13.3 Å². The first-order valence-electron chi connectivity index (χ1n) is 7.20. The number of ether oxygens (including phenoxy) is 1. The van der Waals surface area contributed by atoms with E-state index in [0.717, 1.165) is 49.7 Å². The molecule has 1 aliphatic rings. The molecule has 1 fully saturated rings. The maximum atomic E-state index is 11.8. The Kier molecular flexibility index (Phi) is 5.51. The van der Waals surface area contributed by atoms with Crippen LogP contribution in [0.3, 0.4) is 0 Å². The fourth-order valence-corrected chi connectivity index (χ4v) is 3.55. The topological polar surface area (TPSA) is 54.5 Å². The molecule has 0 spiro atoms. The zero-order chi connectivity index (χ0) is 14.5. The van der Waals surface area contributed by atoms with E-state index in [0.29, 0.717) is 4.88 Å². The standard InChI is InChI=1S/C14H23N3O2S/c1-4-5-11-12(14(18)19-3)20-13(16-11)10(2)17-8-6-15-7-9-17/h10,15H,4-9H2,1-3H3. The second-order valence-corrected chi connectivity index (χ2v) is 6.06. The minimum atomic E-state index is -0.260. The van der Waals surface area contributed by atoms with Crippen LogP contribution in [0.5, 0.6) is 0 Å². The van der Waals surface area contributed by atoms with Crippen molar-refractivity contribution in [1.29, 1.82) is 0 Å². The molecular formula is C14H23N3O2S. The highest BCUT2D eigenvalue weighted by Crippen LogP contribution is 2.29. The predicted octanol–water partition coefficient (Wildman–Crippen LogP) is 1.85. The van der Waals surface area contributed by atoms with Gasteiger partial charge in [-0.25, -0.2) is 9.78 Å². The fraction of sp³-hybridized carbons (Fsp3) is 0.714. The number of hydrogen-bond donors (Lipinski definition) is 1. The van der Waals surface area contributed by atoms with Gasteiger partial charge >= 0.3 is 5.97 Å². The van der Waals surface area contributed by atoms with Crippen molar-refractivity contribution in [3.63, 3.8) is 0 Å². The second kappa shape index (κ2) is 7.15. The number of aromatic nitrogens is 1. The number of carbonyl (C=O) groups is 1. The fourth-order valence-electron chi connectivity index (χ4n) is 2.43. The van der Waals surface area contributed by atoms with E-state index >= 15 is 0 Å². The number of thiazole rings is 1. The van der Waals surface area contributed by atoms with E-state index in [9.17, 15) is 4.79 Å². The number of aryl methyl sites for hydroxylation is 1. The van der Waals surface area contributed by atoms with Crippen molar-refractivity contribution in [3.8, 4) is 0 Å². The molecule has 6 heteroatoms. The Morgan fingerprint density at radius 2 is 2.20 bits per heavy atom. The van der Waals surface area contributed by atoms with Gasteiger partial charge < -0.3 is 10.1 Å². The van der Waals surface area contributed by atoms with E-state index in [1.165, 1.54) is 18.4 Å². The van der Waals surface area contributed by atoms with Crippen molar-refractivity contribution in [1.82, 2.24) is 15.2 Å². The molecule has 0 bridgehead atoms. The summed E-state index contributed by atoms with van der Waals surface area (Å²) in [5, 5.41) is 4.38. The van der Waals surface area contributed by atoms with Gasteiger partial charge in [0.05, 0.1) is 18.8 Å². The molecule has 1 aromatic heterocycles. The summed E-state index contributed by atoms with van der Waals surface area (Å²) in [5.74, 6) is -0.260. The van der Waals surface area contributed by atoms with Crippen molar-refractivity contribution in [2.24, 2.45) is 0 Å². The van der Waals surface area contributed by atoms with Gasteiger partial charge in [0.25, 0.3) is 0 Å². The van der Waals surface area contributed by atoms with E-state index in [1.807, 2.05) is 0 Å². The van der Waals surface area contributed by atoms with Gasteiger partial charge in [0.1, 0.15) is 9.88 Å². The Morgan fingerprint density at radius 3 is 2.80 bits per heavy atom. The van der Waals surface area contributed by atoms with Crippen LogP contribution in [-0.4, -0.2) is 49.1 Å². The second-order valence-electron chi connectivity index (χ2n) is 5.03. The molecule has 0 amide bonds. The van der Waals surface area contributed by atoms with Crippen LogP contribution in [0.2, 0.25) is 0 Å². The highest BCUT2D eigenvalue weighted by Gasteiger charge is 2.25. The SMILES string of the molecule is CCCc1nc(C(C)N2CCNCC2)sc1C(=O)OC. The Bertz CT molecular complexity index is 455. The summed E-state index contributed by atoms with van der Waals surface area (Å²) in [6.45, 7) is 8.35. The summed E-state index contributed by atoms with van der Waals surface area (Å²) in [6, 6.07) is 0.260. The Balaban J connectivity index is 2.20. The van der Waals surface area contributed by atoms with Crippen LogP contribution in [0.15, 0.2) is 0 Å². The van der Waals surface area contributed by atoms with Crippen LogP contribution in [0.1, 0.15) is 46.7 Å². The largest absolute Gasteiger partial charge is 0.465 e. The predicted molar refractivity (Wildman–Crippen MR) is 80.3 cm³/mol. The van der Waals surface area contributed by atoms with Crippen molar-refractivity contribution in [2.45, 2.75) is 32.7 Å². The van der Waals surface area contributed by atoms with Crippen LogP contribution < -0.4 is 5.32 Å². The number of carbonyl (C=O) groups excluding carboxylic acids is 1. The Hall–Kier alpha value is -0.980. The number of piperazine rings is 1. The van der Waals surface area contributed by atoms with Crippen LogP contribution in [-0.2, 0) is 11.2 Å². The molecular weight excluding hydrogens is 274 g/mol. The van der Waals surface area contributed by atoms with E-state index in [1.54, 1.807) is 0 Å². The molecule has 0 aromatic carbocycles. The van der Waals surface area contributed by atoms with Crippen LogP contribution in [0, 0.1) is 0 Å². The molecule has 1 unspecified atom stereocenters. The van der Waals surface area contributed by atoms with Crippen molar-refractivity contribution in [2.75, 3.05) is 33.3 Å². The molecule has 5 nitrogen and oxygen atoms in total. The van der Waals surface area contributed by atoms with Crippen molar-refractivity contribution < 1.29 is 9.53 Å². The summed E-state index contributed by atoms with van der Waals surface area (Å²) in [5.41, 5.74) is 0.890. The lowest BCUT2D eigenvalue weighted by atomic mass is 10.2. The average Bonchev–Trinajstić information content (AvgIpc) is 2.91. The first kappa shape index (κ1) is 15.4. The number of rotatable bonds is 5. The minimum absolute atomic E-state index is 0.260. The number of methoxy groups -OCH3 is 1. The first-order valence-corrected chi connectivity index (χ1v) is 8.01. The molecule has 2 rings (SSSR count). The van der Waals surface area contributed by atoms with Crippen molar-refractivity contribution in [3.05, 3.63) is 15.6 Å². The van der Waals surface area contributed by atoms with Gasteiger partial charge in [-0.3, -0.25) is 4.90 Å². The molecule has 20 heavy (non-hydrogen) atoms. The van der Waals surface area contributed by atoms with E-state index in [2.05, 4.69) is 24.1 Å². The van der Waals surface area contributed by atoms with E-state index in [-0.39, 0.29) is 12.0 Å². The van der Waals surface area contributed by atoms with Gasteiger partial charge in [-0.2, -0.15) is 0 Å². The highest BCUT2D eigenvalue weighted by atomic mass is 32.1. The first-order chi connectivity index (χ1) is 9.67. The monoisotopic (exact) mass is 297 g/mol. The number of nitrogens with zero attached hydrogens (tertiary/aromatic N) is 2. The van der Waals surface area contributed by atoms with Crippen LogP contribution in [0.4, 0.5) is 0 Å². The highest BCUT2D eigenvalue weighted by molar-refractivity contribution is 7.13. The lowest BCUT2D eigenvalue weighted by Crippen LogP contribution is -2.44. The van der Waals surface area contributed by atoms with Crippen LogP contribution in [0.25, 0.3) is 0 Å². The minimum Gasteiger partial charge on any atom is -0.465 e. The molecule has 0 radical (unpaired) electrons. The molecule has 1 atom stereocenters. The van der Waals surface area contributed by atoms with Gasteiger partial charge in [0.15, 0.2) is 0 Å². The van der Waals surface area contributed by atoms with Gasteiger partial charge in [-0.15, -0.1) is 11.3 Å². The molecule has 112 valence electrons. The molecule has 2 heterocycles. The van der Waals surface area contributed by atoms with E-state index < -0.39 is 0 Å². The molecule has 1 aromatic rings. The number of nitrogens with one attached hydrogen (secondary N) is 1. The quantitative estimate of drug-likeness (QED) is 0.841. The summed E-state index contributed by atoms with van der Waals surface area (Å²) >= 11 is 1.49. The Morgan fingerprint density at radius 1 is 1.50 bits per heavy atom. The zero-order valence-corrected chi connectivity index (χ0v) is 13.3. The average molecular weight is 297 g/mol. The molecule has 0 saturated carbocycles. The van der Waals surface area contributed by atoms with Gasteiger partial charge in [0, 0.05) is 26.2 Å². The van der Waals surface area contributed by atoms with Gasteiger partial charge in [-0.1, -0.05) is 13.3 Å². The summed E-state index contributed by atoms with van der Waals surface area (Å²) in [7, 11) is 1.43. The van der Waals surface area contributed by atoms with Crippen molar-refractivity contribution >= 4 is 17.3 Å². The molecule has 1 N–H and O–H groups in total. The lowest BCUT2D eigenvalue weighted by molar-refractivity contribution is 0.0605. The lowest BCUT2D eigenvalue weighted by Gasteiger charge is -2.31. The zero-order valence-electron chi connectivity index (χ0n) is 12.4. The Labute approximate surface area is 124 Å². The maximum absolute atomic E-state index is 11.8. The van der Waals surface area contributed by atoms with Crippen LogP contribution >= 0.6 is 11.3 Å².